The fraction of sp³-hybridized carbons (Fsp3) is 0.778. The van der Waals surface area contributed by atoms with E-state index in [1.807, 2.05) is 7.05 Å². The highest BCUT2D eigenvalue weighted by Gasteiger charge is 2.18. The van der Waals surface area contributed by atoms with Gasteiger partial charge in [-0.15, -0.1) is 0 Å². The minimum absolute atomic E-state index is 0.186. The van der Waals surface area contributed by atoms with Crippen molar-refractivity contribution in [2.24, 2.45) is 5.73 Å². The number of hydrogen-bond donors (Lipinski definition) is 1. The first-order valence-electron chi connectivity index (χ1n) is 4.84. The molecule has 0 aromatic rings. The summed E-state index contributed by atoms with van der Waals surface area (Å²) in [5.74, 6) is 0.186. The monoisotopic (exact) mass is 215 g/mol. The van der Waals surface area contributed by atoms with Crippen molar-refractivity contribution in [2.45, 2.75) is 12.8 Å². The number of hydrogen-bond acceptors (Lipinski definition) is 3. The Hall–Kier alpha value is -0.680. The van der Waals surface area contributed by atoms with Gasteiger partial charge in [0.15, 0.2) is 0 Å². The zero-order valence-corrected chi connectivity index (χ0v) is 9.35. The van der Waals surface area contributed by atoms with Crippen LogP contribution in [-0.2, 0) is 4.79 Å². The summed E-state index contributed by atoms with van der Waals surface area (Å²) < 4.78 is 0. The van der Waals surface area contributed by atoms with E-state index in [9.17, 15) is 4.79 Å². The second-order valence-electron chi connectivity index (χ2n) is 3.66. The predicted molar refractivity (Wildman–Crippen MR) is 60.1 cm³/mol. The molecule has 14 heavy (non-hydrogen) atoms. The van der Waals surface area contributed by atoms with Crippen molar-refractivity contribution < 1.29 is 4.79 Å². The van der Waals surface area contributed by atoms with Gasteiger partial charge in [0.05, 0.1) is 11.5 Å². The smallest absolute Gasteiger partial charge is 0.236 e. The Morgan fingerprint density at radius 1 is 1.57 bits per heavy atom. The summed E-state index contributed by atoms with van der Waals surface area (Å²) in [7, 11) is 1.85. The van der Waals surface area contributed by atoms with Gasteiger partial charge in [0, 0.05) is 33.1 Å². The third-order valence-corrected chi connectivity index (χ3v) is 2.63. The Balaban J connectivity index is 2.38. The van der Waals surface area contributed by atoms with Gasteiger partial charge in [-0.05, 0) is 6.42 Å². The number of amides is 1. The second-order valence-corrected chi connectivity index (χ2v) is 4.19. The lowest BCUT2D eigenvalue weighted by Gasteiger charge is -2.18. The molecule has 0 spiro atoms. The molecule has 0 atom stereocenters. The molecular weight excluding hydrogens is 198 g/mol. The molecule has 4 nitrogen and oxygen atoms in total. The van der Waals surface area contributed by atoms with E-state index in [0.717, 1.165) is 26.1 Å². The van der Waals surface area contributed by atoms with Gasteiger partial charge >= 0.3 is 0 Å². The number of nitrogens with zero attached hydrogens (tertiary/aromatic N) is 2. The fourth-order valence-electron chi connectivity index (χ4n) is 1.51. The molecule has 0 bridgehead atoms. The van der Waals surface area contributed by atoms with Crippen LogP contribution >= 0.6 is 12.2 Å². The van der Waals surface area contributed by atoms with Gasteiger partial charge < -0.3 is 10.6 Å². The van der Waals surface area contributed by atoms with Gasteiger partial charge in [-0.25, -0.2) is 0 Å². The van der Waals surface area contributed by atoms with Crippen LogP contribution in [0.5, 0.6) is 0 Å². The van der Waals surface area contributed by atoms with Gasteiger partial charge in [-0.3, -0.25) is 9.69 Å². The molecule has 80 valence electrons. The Kier molecular flexibility index (Phi) is 4.28. The van der Waals surface area contributed by atoms with E-state index in [-0.39, 0.29) is 5.91 Å². The molecule has 0 aromatic carbocycles. The second kappa shape index (κ2) is 5.26. The lowest BCUT2D eigenvalue weighted by molar-refractivity contribution is -0.129. The molecule has 0 radical (unpaired) electrons. The number of carbonyl (C=O) groups excluding carboxylic acids is 1. The fourth-order valence-corrected chi connectivity index (χ4v) is 1.60. The molecule has 2 N–H and O–H groups in total. The van der Waals surface area contributed by atoms with Crippen LogP contribution in [0.1, 0.15) is 12.8 Å². The SMILES string of the molecule is CN1CCCN(CCC(N)=S)CC1=O. The topological polar surface area (TPSA) is 49.6 Å². The molecule has 1 aliphatic heterocycles. The van der Waals surface area contributed by atoms with Crippen LogP contribution in [0.4, 0.5) is 0 Å². The number of likely N-dealkylation sites (N-methyl/N-ethyl adjacent to an activating group) is 1. The van der Waals surface area contributed by atoms with Crippen molar-refractivity contribution in [2.75, 3.05) is 33.2 Å². The summed E-state index contributed by atoms with van der Waals surface area (Å²) in [4.78, 5) is 15.9. The summed E-state index contributed by atoms with van der Waals surface area (Å²) in [6, 6.07) is 0. The first-order valence-corrected chi connectivity index (χ1v) is 5.25. The van der Waals surface area contributed by atoms with Crippen molar-refractivity contribution in [3.05, 3.63) is 0 Å². The van der Waals surface area contributed by atoms with Crippen molar-refractivity contribution in [1.29, 1.82) is 0 Å². The van der Waals surface area contributed by atoms with Crippen molar-refractivity contribution >= 4 is 23.1 Å². The highest BCUT2D eigenvalue weighted by molar-refractivity contribution is 7.80. The highest BCUT2D eigenvalue weighted by Crippen LogP contribution is 2.02. The molecule has 1 fully saturated rings. The summed E-state index contributed by atoms with van der Waals surface area (Å²) in [5.41, 5.74) is 5.42. The lowest BCUT2D eigenvalue weighted by Crippen LogP contribution is -2.35. The molecular formula is C9H17N3OS. The number of carbonyl (C=O) groups is 1. The molecule has 0 unspecified atom stereocenters. The molecule has 1 aliphatic rings. The average molecular weight is 215 g/mol. The van der Waals surface area contributed by atoms with E-state index in [2.05, 4.69) is 4.90 Å². The third kappa shape index (κ3) is 3.59. The largest absolute Gasteiger partial charge is 0.393 e. The van der Waals surface area contributed by atoms with Crippen LogP contribution in [0.3, 0.4) is 0 Å². The van der Waals surface area contributed by atoms with Gasteiger partial charge in [-0.1, -0.05) is 12.2 Å². The number of rotatable bonds is 3. The molecule has 0 saturated carbocycles. The van der Waals surface area contributed by atoms with Crippen LogP contribution < -0.4 is 5.73 Å². The maximum Gasteiger partial charge on any atom is 0.236 e. The summed E-state index contributed by atoms with van der Waals surface area (Å²) in [5, 5.41) is 0. The van der Waals surface area contributed by atoms with Crippen LogP contribution in [0.25, 0.3) is 0 Å². The van der Waals surface area contributed by atoms with Gasteiger partial charge in [-0.2, -0.15) is 0 Å². The standard InChI is InChI=1S/C9H17N3OS/c1-11-4-2-5-12(7-9(11)13)6-3-8(10)14/h2-7H2,1H3,(H2,10,14). The summed E-state index contributed by atoms with van der Waals surface area (Å²) in [6.45, 7) is 3.11. The van der Waals surface area contributed by atoms with E-state index in [1.54, 1.807) is 4.90 Å². The van der Waals surface area contributed by atoms with E-state index in [4.69, 9.17) is 18.0 Å². The first kappa shape index (κ1) is 11.4. The lowest BCUT2D eigenvalue weighted by atomic mass is 10.3. The normalized spacial score (nSPS) is 19.5. The van der Waals surface area contributed by atoms with Crippen LogP contribution in [0.15, 0.2) is 0 Å². The van der Waals surface area contributed by atoms with Crippen molar-refractivity contribution in [3.63, 3.8) is 0 Å². The molecule has 0 aromatic heterocycles. The highest BCUT2D eigenvalue weighted by atomic mass is 32.1. The minimum atomic E-state index is 0.186. The van der Waals surface area contributed by atoms with Gasteiger partial charge in [0.1, 0.15) is 0 Å². The Labute approximate surface area is 90.0 Å². The molecule has 1 heterocycles. The van der Waals surface area contributed by atoms with E-state index >= 15 is 0 Å². The van der Waals surface area contributed by atoms with Crippen molar-refractivity contribution in [1.82, 2.24) is 9.80 Å². The van der Waals surface area contributed by atoms with Gasteiger partial charge in [0.2, 0.25) is 5.91 Å². The maximum atomic E-state index is 11.5. The minimum Gasteiger partial charge on any atom is -0.393 e. The Bertz CT molecular complexity index is 232. The average Bonchev–Trinajstić information content (AvgIpc) is 2.26. The van der Waals surface area contributed by atoms with E-state index < -0.39 is 0 Å². The third-order valence-electron chi connectivity index (χ3n) is 2.43. The number of thiocarbonyl (C=S) groups is 1. The molecule has 5 heteroatoms. The van der Waals surface area contributed by atoms with Crippen LogP contribution in [-0.4, -0.2) is 53.9 Å². The Morgan fingerprint density at radius 2 is 2.29 bits per heavy atom. The maximum absolute atomic E-state index is 11.5. The first-order chi connectivity index (χ1) is 6.59. The Morgan fingerprint density at radius 3 is 2.93 bits per heavy atom. The van der Waals surface area contributed by atoms with E-state index in [0.29, 0.717) is 18.0 Å². The molecule has 0 aliphatic carbocycles. The van der Waals surface area contributed by atoms with Gasteiger partial charge in [0.25, 0.3) is 0 Å². The molecule has 1 rings (SSSR count). The zero-order valence-electron chi connectivity index (χ0n) is 8.53. The van der Waals surface area contributed by atoms with E-state index in [1.165, 1.54) is 0 Å². The van der Waals surface area contributed by atoms with Crippen molar-refractivity contribution in [3.8, 4) is 0 Å². The quantitative estimate of drug-likeness (QED) is 0.664. The zero-order chi connectivity index (χ0) is 10.6. The summed E-state index contributed by atoms with van der Waals surface area (Å²) in [6.07, 6.45) is 1.73. The molecule has 1 amide bonds. The predicted octanol–water partition coefficient (Wildman–Crippen LogP) is -0.173. The number of nitrogens with two attached hydrogens (primary N) is 1. The van der Waals surface area contributed by atoms with Crippen LogP contribution in [0.2, 0.25) is 0 Å². The van der Waals surface area contributed by atoms with Crippen LogP contribution in [0, 0.1) is 0 Å². The molecule has 1 saturated heterocycles. The summed E-state index contributed by atoms with van der Waals surface area (Å²) >= 11 is 4.81.